The average molecular weight is 257 g/mol. The first-order chi connectivity index (χ1) is 8.54. The summed E-state index contributed by atoms with van der Waals surface area (Å²) in [7, 11) is 0. The summed E-state index contributed by atoms with van der Waals surface area (Å²) in [5.41, 5.74) is 0. The molecule has 1 rings (SSSR count). The molecular formula is C13H23NO4. The third-order valence-electron chi connectivity index (χ3n) is 3.50. The molecule has 2 N–H and O–H groups in total. The lowest BCUT2D eigenvalue weighted by Crippen LogP contribution is -2.43. The molecule has 0 bridgehead atoms. The van der Waals surface area contributed by atoms with Crippen LogP contribution in [-0.4, -0.2) is 35.7 Å². The van der Waals surface area contributed by atoms with Gasteiger partial charge in [-0.2, -0.15) is 0 Å². The summed E-state index contributed by atoms with van der Waals surface area (Å²) in [5, 5.41) is 11.3. The molecule has 1 fully saturated rings. The van der Waals surface area contributed by atoms with Crippen molar-refractivity contribution in [3.8, 4) is 0 Å². The molecule has 0 saturated heterocycles. The van der Waals surface area contributed by atoms with Gasteiger partial charge in [0.15, 0.2) is 0 Å². The van der Waals surface area contributed by atoms with Gasteiger partial charge in [-0.25, -0.2) is 4.79 Å². The fourth-order valence-electron chi connectivity index (χ4n) is 2.29. The average Bonchev–Trinajstić information content (AvgIpc) is 2.34. The SMILES string of the molecule is CCC(NC(=O)COC1CCCCC1C)C(=O)O. The van der Waals surface area contributed by atoms with Gasteiger partial charge in [0, 0.05) is 0 Å². The van der Waals surface area contributed by atoms with E-state index in [9.17, 15) is 9.59 Å². The Morgan fingerprint density at radius 1 is 1.39 bits per heavy atom. The third kappa shape index (κ3) is 4.64. The molecule has 3 atom stereocenters. The molecule has 5 heteroatoms. The Kier molecular flexibility index (Phi) is 6.12. The Morgan fingerprint density at radius 2 is 2.06 bits per heavy atom. The van der Waals surface area contributed by atoms with Gasteiger partial charge in [-0.3, -0.25) is 4.79 Å². The van der Waals surface area contributed by atoms with E-state index >= 15 is 0 Å². The van der Waals surface area contributed by atoms with Gasteiger partial charge in [0.25, 0.3) is 0 Å². The van der Waals surface area contributed by atoms with Gasteiger partial charge in [-0.05, 0) is 25.2 Å². The first kappa shape index (κ1) is 15.0. The molecule has 104 valence electrons. The van der Waals surface area contributed by atoms with Gasteiger partial charge in [-0.15, -0.1) is 0 Å². The topological polar surface area (TPSA) is 75.6 Å². The maximum Gasteiger partial charge on any atom is 0.326 e. The highest BCUT2D eigenvalue weighted by Gasteiger charge is 2.23. The van der Waals surface area contributed by atoms with Crippen LogP contribution in [0.25, 0.3) is 0 Å². The molecule has 0 aromatic carbocycles. The number of rotatable bonds is 6. The van der Waals surface area contributed by atoms with E-state index in [1.165, 1.54) is 6.42 Å². The Hall–Kier alpha value is -1.10. The first-order valence-corrected chi connectivity index (χ1v) is 6.68. The Balaban J connectivity index is 2.29. The molecule has 1 aliphatic carbocycles. The molecule has 0 aromatic heterocycles. The molecule has 0 radical (unpaired) electrons. The van der Waals surface area contributed by atoms with E-state index in [0.29, 0.717) is 12.3 Å². The van der Waals surface area contributed by atoms with Gasteiger partial charge in [-0.1, -0.05) is 26.7 Å². The highest BCUT2D eigenvalue weighted by molar-refractivity contribution is 5.84. The summed E-state index contributed by atoms with van der Waals surface area (Å²) in [4.78, 5) is 22.3. The second kappa shape index (κ2) is 7.36. The van der Waals surface area contributed by atoms with Gasteiger partial charge < -0.3 is 15.2 Å². The van der Waals surface area contributed by atoms with E-state index in [4.69, 9.17) is 9.84 Å². The van der Waals surface area contributed by atoms with Crippen LogP contribution in [0, 0.1) is 5.92 Å². The van der Waals surface area contributed by atoms with Crippen LogP contribution in [0.15, 0.2) is 0 Å². The van der Waals surface area contributed by atoms with Crippen LogP contribution in [-0.2, 0) is 14.3 Å². The highest BCUT2D eigenvalue weighted by atomic mass is 16.5. The number of aliphatic carboxylic acids is 1. The maximum absolute atomic E-state index is 11.6. The number of carboxylic acids is 1. The number of carbonyl (C=O) groups is 2. The fourth-order valence-corrected chi connectivity index (χ4v) is 2.29. The number of carboxylic acid groups (broad SMARTS) is 1. The van der Waals surface area contributed by atoms with E-state index < -0.39 is 12.0 Å². The lowest BCUT2D eigenvalue weighted by molar-refractivity contribution is -0.143. The van der Waals surface area contributed by atoms with Crippen LogP contribution in [0.5, 0.6) is 0 Å². The fraction of sp³-hybridized carbons (Fsp3) is 0.846. The molecule has 3 unspecified atom stereocenters. The van der Waals surface area contributed by atoms with Crippen molar-refractivity contribution in [1.29, 1.82) is 0 Å². The van der Waals surface area contributed by atoms with E-state index in [2.05, 4.69) is 12.2 Å². The molecule has 0 heterocycles. The Bertz CT molecular complexity index is 293. The maximum atomic E-state index is 11.6. The van der Waals surface area contributed by atoms with Crippen molar-refractivity contribution in [2.24, 2.45) is 5.92 Å². The number of carbonyl (C=O) groups excluding carboxylic acids is 1. The van der Waals surface area contributed by atoms with Crippen molar-refractivity contribution in [3.63, 3.8) is 0 Å². The van der Waals surface area contributed by atoms with E-state index in [1.54, 1.807) is 6.92 Å². The molecule has 0 aromatic rings. The van der Waals surface area contributed by atoms with Gasteiger partial charge >= 0.3 is 5.97 Å². The number of nitrogens with one attached hydrogen (secondary N) is 1. The monoisotopic (exact) mass is 257 g/mol. The van der Waals surface area contributed by atoms with Gasteiger partial charge in [0.1, 0.15) is 12.6 Å². The minimum absolute atomic E-state index is 0.0429. The summed E-state index contributed by atoms with van der Waals surface area (Å²) < 4.78 is 5.58. The van der Waals surface area contributed by atoms with E-state index in [1.807, 2.05) is 0 Å². The zero-order valence-electron chi connectivity index (χ0n) is 11.1. The van der Waals surface area contributed by atoms with Crippen LogP contribution >= 0.6 is 0 Å². The molecule has 0 spiro atoms. The molecule has 5 nitrogen and oxygen atoms in total. The molecule has 1 amide bonds. The second-order valence-electron chi connectivity index (χ2n) is 4.98. The molecule has 0 aliphatic heterocycles. The van der Waals surface area contributed by atoms with Gasteiger partial charge in [0.2, 0.25) is 5.91 Å². The van der Waals surface area contributed by atoms with Crippen molar-refractivity contribution in [2.75, 3.05) is 6.61 Å². The smallest absolute Gasteiger partial charge is 0.326 e. The van der Waals surface area contributed by atoms with Crippen LogP contribution < -0.4 is 5.32 Å². The minimum atomic E-state index is -1.00. The van der Waals surface area contributed by atoms with Crippen molar-refractivity contribution < 1.29 is 19.4 Å². The van der Waals surface area contributed by atoms with Crippen LogP contribution in [0.3, 0.4) is 0 Å². The number of hydrogen-bond donors (Lipinski definition) is 2. The van der Waals surface area contributed by atoms with Crippen molar-refractivity contribution >= 4 is 11.9 Å². The summed E-state index contributed by atoms with van der Waals surface area (Å²) in [5.74, 6) is -0.869. The largest absolute Gasteiger partial charge is 0.480 e. The normalized spacial score (nSPS) is 25.4. The molecule has 18 heavy (non-hydrogen) atoms. The van der Waals surface area contributed by atoms with Crippen LogP contribution in [0.1, 0.15) is 46.0 Å². The predicted octanol–water partition coefficient (Wildman–Crippen LogP) is 1.56. The summed E-state index contributed by atoms with van der Waals surface area (Å²) in [6.07, 6.45) is 5.01. The lowest BCUT2D eigenvalue weighted by atomic mass is 9.88. The first-order valence-electron chi connectivity index (χ1n) is 6.68. The van der Waals surface area contributed by atoms with E-state index in [0.717, 1.165) is 19.3 Å². The predicted molar refractivity (Wildman–Crippen MR) is 67.2 cm³/mol. The Morgan fingerprint density at radius 3 is 2.61 bits per heavy atom. The van der Waals surface area contributed by atoms with Gasteiger partial charge in [0.05, 0.1) is 6.10 Å². The van der Waals surface area contributed by atoms with Crippen LogP contribution in [0.2, 0.25) is 0 Å². The zero-order chi connectivity index (χ0) is 13.5. The lowest BCUT2D eigenvalue weighted by Gasteiger charge is -2.28. The summed E-state index contributed by atoms with van der Waals surface area (Å²) in [6, 6.07) is -0.815. The second-order valence-corrected chi connectivity index (χ2v) is 4.98. The summed E-state index contributed by atoms with van der Waals surface area (Å²) in [6.45, 7) is 3.82. The number of hydrogen-bond acceptors (Lipinski definition) is 3. The van der Waals surface area contributed by atoms with Crippen molar-refractivity contribution in [2.45, 2.75) is 58.1 Å². The number of ether oxygens (including phenoxy) is 1. The minimum Gasteiger partial charge on any atom is -0.480 e. The van der Waals surface area contributed by atoms with Crippen LogP contribution in [0.4, 0.5) is 0 Å². The number of amides is 1. The quantitative estimate of drug-likeness (QED) is 0.757. The highest BCUT2D eigenvalue weighted by Crippen LogP contribution is 2.25. The van der Waals surface area contributed by atoms with E-state index in [-0.39, 0.29) is 18.6 Å². The molecule has 1 aliphatic rings. The standard InChI is InChI=1S/C13H23NO4/c1-3-10(13(16)17)14-12(15)8-18-11-7-5-4-6-9(11)2/h9-11H,3-8H2,1-2H3,(H,14,15)(H,16,17). The molecule has 1 saturated carbocycles. The van der Waals surface area contributed by atoms with Crippen molar-refractivity contribution in [3.05, 3.63) is 0 Å². The zero-order valence-corrected chi connectivity index (χ0v) is 11.1. The third-order valence-corrected chi connectivity index (χ3v) is 3.50. The van der Waals surface area contributed by atoms with Crippen molar-refractivity contribution in [1.82, 2.24) is 5.32 Å². The molecular weight excluding hydrogens is 234 g/mol. The Labute approximate surface area is 108 Å². The summed E-state index contributed by atoms with van der Waals surface area (Å²) >= 11 is 0.